The highest BCUT2D eigenvalue weighted by Gasteiger charge is 2.30. The van der Waals surface area contributed by atoms with Crippen molar-refractivity contribution in [1.82, 2.24) is 4.90 Å². The number of methoxy groups -OCH3 is 1. The molecule has 3 aromatic carbocycles. The average Bonchev–Trinajstić information content (AvgIpc) is 3.21. The minimum absolute atomic E-state index is 0.267. The van der Waals surface area contributed by atoms with Gasteiger partial charge in [-0.1, -0.05) is 30.3 Å². The largest absolute Gasteiger partial charge is 0.497 e. The highest BCUT2D eigenvalue weighted by atomic mass is 19.1. The Bertz CT molecular complexity index is 1070. The van der Waals surface area contributed by atoms with Crippen molar-refractivity contribution in [2.45, 2.75) is 31.9 Å². The molecule has 2 heterocycles. The summed E-state index contributed by atoms with van der Waals surface area (Å²) in [5.41, 5.74) is 4.55. The molecule has 0 bridgehead atoms. The Morgan fingerprint density at radius 2 is 1.88 bits per heavy atom. The minimum Gasteiger partial charge on any atom is -0.497 e. The van der Waals surface area contributed by atoms with Gasteiger partial charge in [0.25, 0.3) is 0 Å². The number of likely N-dealkylation sites (tertiary alicyclic amines) is 1. The Hall–Kier alpha value is -3.05. The van der Waals surface area contributed by atoms with Gasteiger partial charge in [-0.05, 0) is 61.7 Å². The van der Waals surface area contributed by atoms with Crippen LogP contribution < -0.4 is 14.4 Å². The molecule has 0 amide bonds. The summed E-state index contributed by atoms with van der Waals surface area (Å²) < 4.78 is 25.2. The number of rotatable bonds is 6. The summed E-state index contributed by atoms with van der Waals surface area (Å²) in [6.45, 7) is 3.46. The molecule has 0 spiro atoms. The normalized spacial score (nSPS) is 17.9. The van der Waals surface area contributed by atoms with Crippen molar-refractivity contribution < 1.29 is 13.9 Å². The van der Waals surface area contributed by atoms with Gasteiger partial charge in [0.15, 0.2) is 0 Å². The number of halogens is 1. The van der Waals surface area contributed by atoms with Gasteiger partial charge < -0.3 is 14.4 Å². The van der Waals surface area contributed by atoms with E-state index in [0.717, 1.165) is 48.7 Å². The van der Waals surface area contributed by atoms with Gasteiger partial charge in [-0.25, -0.2) is 4.39 Å². The predicted octanol–water partition coefficient (Wildman–Crippen LogP) is 5.57. The van der Waals surface area contributed by atoms with E-state index < -0.39 is 0 Å². The monoisotopic (exact) mass is 432 g/mol. The molecule has 0 radical (unpaired) electrons. The first-order chi connectivity index (χ1) is 15.7. The van der Waals surface area contributed by atoms with Gasteiger partial charge in [0.1, 0.15) is 23.9 Å². The van der Waals surface area contributed by atoms with E-state index in [1.165, 1.54) is 30.5 Å². The number of para-hydroxylation sites is 1. The second-order valence-corrected chi connectivity index (χ2v) is 8.57. The van der Waals surface area contributed by atoms with Gasteiger partial charge in [-0.15, -0.1) is 0 Å². The van der Waals surface area contributed by atoms with Gasteiger partial charge in [-0.3, -0.25) is 4.90 Å². The molecule has 0 aromatic heterocycles. The number of hydrogen-bond donors (Lipinski definition) is 0. The van der Waals surface area contributed by atoms with Crippen LogP contribution in [0.5, 0.6) is 11.5 Å². The van der Waals surface area contributed by atoms with Crippen LogP contribution in [0.3, 0.4) is 0 Å². The van der Waals surface area contributed by atoms with Crippen LogP contribution in [-0.2, 0) is 13.0 Å². The molecule has 0 aliphatic carbocycles. The van der Waals surface area contributed by atoms with E-state index in [0.29, 0.717) is 18.4 Å². The highest BCUT2D eigenvalue weighted by Crippen LogP contribution is 2.40. The summed E-state index contributed by atoms with van der Waals surface area (Å²) in [6.07, 6.45) is 3.39. The standard InChI is InChI=1S/C27H29FN2O2/c1-31-24-11-8-20(9-12-24)14-16-29-15-4-6-23(29)18-30-25-7-3-2-5-21(25)19-32-27-17-22(28)10-13-26(27)30/h2-3,5,7-13,17,23H,4,6,14-16,18-19H2,1H3/t23-/m1/s1. The molecule has 166 valence electrons. The Morgan fingerprint density at radius 3 is 2.72 bits per heavy atom. The number of fused-ring (bicyclic) bond motifs is 2. The Labute approximate surface area is 189 Å². The molecule has 1 saturated heterocycles. The summed E-state index contributed by atoms with van der Waals surface area (Å²) in [7, 11) is 1.70. The fourth-order valence-corrected chi connectivity index (χ4v) is 4.88. The highest BCUT2D eigenvalue weighted by molar-refractivity contribution is 5.73. The first kappa shape index (κ1) is 20.8. The van der Waals surface area contributed by atoms with Crippen molar-refractivity contribution in [2.75, 3.05) is 31.6 Å². The van der Waals surface area contributed by atoms with E-state index in [9.17, 15) is 4.39 Å². The number of benzene rings is 3. The summed E-state index contributed by atoms with van der Waals surface area (Å²) in [5, 5.41) is 0. The van der Waals surface area contributed by atoms with E-state index in [1.807, 2.05) is 24.3 Å². The lowest BCUT2D eigenvalue weighted by Gasteiger charge is -2.32. The fraction of sp³-hybridized carbons (Fsp3) is 0.333. The summed E-state index contributed by atoms with van der Waals surface area (Å²) in [6, 6.07) is 22.0. The zero-order valence-electron chi connectivity index (χ0n) is 18.5. The molecule has 3 aromatic rings. The summed E-state index contributed by atoms with van der Waals surface area (Å²) in [5.74, 6) is 1.24. The average molecular weight is 433 g/mol. The van der Waals surface area contributed by atoms with Crippen LogP contribution >= 0.6 is 0 Å². The van der Waals surface area contributed by atoms with Gasteiger partial charge in [-0.2, -0.15) is 0 Å². The lowest BCUT2D eigenvalue weighted by atomic mass is 10.1. The van der Waals surface area contributed by atoms with Crippen LogP contribution in [0.25, 0.3) is 0 Å². The van der Waals surface area contributed by atoms with Crippen molar-refractivity contribution >= 4 is 11.4 Å². The number of nitrogens with zero attached hydrogens (tertiary/aromatic N) is 2. The van der Waals surface area contributed by atoms with Crippen LogP contribution in [0.4, 0.5) is 15.8 Å². The molecule has 1 fully saturated rings. The van der Waals surface area contributed by atoms with Crippen LogP contribution in [0, 0.1) is 5.82 Å². The molecule has 0 N–H and O–H groups in total. The van der Waals surface area contributed by atoms with Crippen LogP contribution in [0.15, 0.2) is 66.7 Å². The lowest BCUT2D eigenvalue weighted by Crippen LogP contribution is -2.39. The van der Waals surface area contributed by atoms with Gasteiger partial charge in [0.05, 0.1) is 12.8 Å². The van der Waals surface area contributed by atoms with Crippen molar-refractivity contribution in [3.8, 4) is 11.5 Å². The number of ether oxygens (including phenoxy) is 2. The van der Waals surface area contributed by atoms with Crippen molar-refractivity contribution in [1.29, 1.82) is 0 Å². The molecular weight excluding hydrogens is 403 g/mol. The Morgan fingerprint density at radius 1 is 1.03 bits per heavy atom. The third-order valence-corrected chi connectivity index (χ3v) is 6.62. The van der Waals surface area contributed by atoms with E-state index in [2.05, 4.69) is 40.1 Å². The fourth-order valence-electron chi connectivity index (χ4n) is 4.88. The number of hydrogen-bond acceptors (Lipinski definition) is 4. The van der Waals surface area contributed by atoms with Crippen molar-refractivity contribution in [3.63, 3.8) is 0 Å². The molecule has 5 heteroatoms. The van der Waals surface area contributed by atoms with E-state index in [-0.39, 0.29) is 5.82 Å². The second-order valence-electron chi connectivity index (χ2n) is 8.57. The third kappa shape index (κ3) is 4.30. The molecule has 2 aliphatic heterocycles. The van der Waals surface area contributed by atoms with Gasteiger partial charge >= 0.3 is 0 Å². The molecule has 0 saturated carbocycles. The van der Waals surface area contributed by atoms with E-state index in [4.69, 9.17) is 9.47 Å². The van der Waals surface area contributed by atoms with Crippen molar-refractivity contribution in [2.24, 2.45) is 0 Å². The third-order valence-electron chi connectivity index (χ3n) is 6.62. The molecule has 4 nitrogen and oxygen atoms in total. The summed E-state index contributed by atoms with van der Waals surface area (Å²) in [4.78, 5) is 4.93. The molecule has 0 unspecified atom stereocenters. The van der Waals surface area contributed by atoms with Gasteiger partial charge in [0.2, 0.25) is 0 Å². The van der Waals surface area contributed by atoms with E-state index in [1.54, 1.807) is 7.11 Å². The zero-order valence-corrected chi connectivity index (χ0v) is 18.5. The van der Waals surface area contributed by atoms with Crippen LogP contribution in [-0.4, -0.2) is 37.7 Å². The minimum atomic E-state index is -0.267. The SMILES string of the molecule is COc1ccc(CCN2CCC[C@@H]2CN2c3ccccc3COc3cc(F)ccc32)cc1. The molecule has 32 heavy (non-hydrogen) atoms. The molecular formula is C27H29FN2O2. The first-order valence-electron chi connectivity index (χ1n) is 11.4. The zero-order chi connectivity index (χ0) is 21.9. The van der Waals surface area contributed by atoms with Crippen LogP contribution in [0.1, 0.15) is 24.0 Å². The Balaban J connectivity index is 1.36. The Kier molecular flexibility index (Phi) is 5.99. The molecule has 1 atom stereocenters. The van der Waals surface area contributed by atoms with Gasteiger partial charge in [0, 0.05) is 36.4 Å². The maximum Gasteiger partial charge on any atom is 0.146 e. The molecule has 2 aliphatic rings. The smallest absolute Gasteiger partial charge is 0.146 e. The topological polar surface area (TPSA) is 24.9 Å². The van der Waals surface area contributed by atoms with E-state index >= 15 is 0 Å². The number of anilines is 2. The predicted molar refractivity (Wildman–Crippen MR) is 125 cm³/mol. The van der Waals surface area contributed by atoms with Crippen LogP contribution in [0.2, 0.25) is 0 Å². The second kappa shape index (κ2) is 9.21. The summed E-state index contributed by atoms with van der Waals surface area (Å²) >= 11 is 0. The van der Waals surface area contributed by atoms with Crippen molar-refractivity contribution in [3.05, 3.63) is 83.7 Å². The quantitative estimate of drug-likeness (QED) is 0.508. The molecule has 5 rings (SSSR count). The lowest BCUT2D eigenvalue weighted by molar-refractivity contribution is 0.261. The first-order valence-corrected chi connectivity index (χ1v) is 11.4. The maximum atomic E-state index is 13.9. The maximum absolute atomic E-state index is 13.9.